The van der Waals surface area contributed by atoms with Crippen molar-refractivity contribution in [3.8, 4) is 16.9 Å². The average molecular weight is 502 g/mol. The number of rotatable bonds is 10. The highest BCUT2D eigenvalue weighted by Gasteiger charge is 2.20. The molecule has 1 atom stereocenters. The number of aromatic nitrogens is 2. The number of carbonyl (C=O) groups excluding carboxylic acids is 1. The molecule has 0 saturated carbocycles. The summed E-state index contributed by atoms with van der Waals surface area (Å²) in [4.78, 5) is 15.7. The van der Waals surface area contributed by atoms with Gasteiger partial charge in [-0.1, -0.05) is 49.2 Å². The average Bonchev–Trinajstić information content (AvgIpc) is 3.26. The van der Waals surface area contributed by atoms with Crippen molar-refractivity contribution in [2.45, 2.75) is 53.5 Å². The number of nitrogens with zero attached hydrogens (tertiary/aromatic N) is 3. The van der Waals surface area contributed by atoms with E-state index in [1.54, 1.807) is 16.8 Å². The summed E-state index contributed by atoms with van der Waals surface area (Å²) in [5.74, 6) is -0.163. The van der Waals surface area contributed by atoms with Crippen molar-refractivity contribution in [2.24, 2.45) is 0 Å². The Bertz CT molecular complexity index is 1140. The summed E-state index contributed by atoms with van der Waals surface area (Å²) in [6.45, 7) is 13.7. The molecule has 0 aliphatic rings. The van der Waals surface area contributed by atoms with Crippen LogP contribution in [0.4, 0.5) is 0 Å². The third-order valence-electron chi connectivity index (χ3n) is 6.28. The number of hydrogen-bond donors (Lipinski definition) is 1. The molecule has 0 spiro atoms. The van der Waals surface area contributed by atoms with Crippen LogP contribution < -0.4 is 5.32 Å². The van der Waals surface area contributed by atoms with Gasteiger partial charge in [-0.2, -0.15) is 5.10 Å². The Hall–Kier alpha value is -2.34. The number of halogens is 2. The van der Waals surface area contributed by atoms with Gasteiger partial charge in [0, 0.05) is 11.6 Å². The van der Waals surface area contributed by atoms with E-state index >= 15 is 0 Å². The smallest absolute Gasteiger partial charge is 0.270 e. The molecule has 5 nitrogen and oxygen atoms in total. The molecule has 3 aromatic rings. The van der Waals surface area contributed by atoms with E-state index in [-0.39, 0.29) is 11.9 Å². The zero-order chi connectivity index (χ0) is 24.8. The van der Waals surface area contributed by atoms with Gasteiger partial charge in [0.1, 0.15) is 5.69 Å². The van der Waals surface area contributed by atoms with Gasteiger partial charge < -0.3 is 10.2 Å². The minimum Gasteiger partial charge on any atom is -0.348 e. The molecule has 182 valence electrons. The van der Waals surface area contributed by atoms with Crippen molar-refractivity contribution in [1.29, 1.82) is 0 Å². The predicted molar refractivity (Wildman–Crippen MR) is 142 cm³/mol. The van der Waals surface area contributed by atoms with Gasteiger partial charge in [0.2, 0.25) is 0 Å². The summed E-state index contributed by atoms with van der Waals surface area (Å²) in [7, 11) is 0. The third kappa shape index (κ3) is 6.41. The lowest BCUT2D eigenvalue weighted by Crippen LogP contribution is -2.34. The van der Waals surface area contributed by atoms with Crippen molar-refractivity contribution in [2.75, 3.05) is 19.6 Å². The molecule has 0 aliphatic heterocycles. The minimum atomic E-state index is -0.163. The first-order chi connectivity index (χ1) is 16.2. The first-order valence-corrected chi connectivity index (χ1v) is 12.6. The second-order valence-electron chi connectivity index (χ2n) is 8.77. The van der Waals surface area contributed by atoms with Gasteiger partial charge in [-0.3, -0.25) is 4.79 Å². The molecule has 0 bridgehead atoms. The molecule has 1 heterocycles. The van der Waals surface area contributed by atoms with Crippen molar-refractivity contribution in [3.63, 3.8) is 0 Å². The predicted octanol–water partition coefficient (Wildman–Crippen LogP) is 6.70. The highest BCUT2D eigenvalue weighted by molar-refractivity contribution is 6.42. The zero-order valence-corrected chi connectivity index (χ0v) is 22.2. The summed E-state index contributed by atoms with van der Waals surface area (Å²) in [6, 6.07) is 13.3. The van der Waals surface area contributed by atoms with Crippen LogP contribution in [0.5, 0.6) is 0 Å². The number of nitrogens with one attached hydrogen (secondary N) is 1. The summed E-state index contributed by atoms with van der Waals surface area (Å²) in [5.41, 5.74) is 5.22. The van der Waals surface area contributed by atoms with Crippen LogP contribution in [0.3, 0.4) is 0 Å². The first kappa shape index (κ1) is 26.3. The second-order valence-corrected chi connectivity index (χ2v) is 9.58. The number of aryl methyl sites for hydroxylation is 2. The Labute approximate surface area is 213 Å². The van der Waals surface area contributed by atoms with Crippen LogP contribution in [-0.4, -0.2) is 46.3 Å². The van der Waals surface area contributed by atoms with E-state index in [0.717, 1.165) is 43.7 Å². The van der Waals surface area contributed by atoms with Gasteiger partial charge in [-0.15, -0.1) is 0 Å². The lowest BCUT2D eigenvalue weighted by Gasteiger charge is -2.20. The molecule has 0 fully saturated rings. The maximum absolute atomic E-state index is 13.3. The molecular weight excluding hydrogens is 467 g/mol. The first-order valence-electron chi connectivity index (χ1n) is 11.9. The quantitative estimate of drug-likeness (QED) is 0.336. The molecule has 0 aliphatic carbocycles. The Morgan fingerprint density at radius 1 is 1.03 bits per heavy atom. The number of hydrogen-bond acceptors (Lipinski definition) is 3. The number of carbonyl (C=O) groups is 1. The van der Waals surface area contributed by atoms with Crippen LogP contribution in [-0.2, 0) is 0 Å². The Balaban J connectivity index is 1.88. The third-order valence-corrected chi connectivity index (χ3v) is 7.01. The monoisotopic (exact) mass is 500 g/mol. The van der Waals surface area contributed by atoms with Crippen LogP contribution in [0, 0.1) is 13.8 Å². The van der Waals surface area contributed by atoms with Crippen LogP contribution in [0.2, 0.25) is 10.0 Å². The van der Waals surface area contributed by atoms with Crippen molar-refractivity contribution >= 4 is 29.1 Å². The maximum Gasteiger partial charge on any atom is 0.270 e. The SMILES string of the molecule is CCN(CC)CCCC(C)NC(=O)c1cc(-c2ccc(C)c(C)c2)nn1-c1ccc(Cl)c(Cl)c1. The van der Waals surface area contributed by atoms with Crippen LogP contribution >= 0.6 is 23.2 Å². The largest absolute Gasteiger partial charge is 0.348 e. The van der Waals surface area contributed by atoms with E-state index in [0.29, 0.717) is 21.4 Å². The molecule has 0 saturated heterocycles. The van der Waals surface area contributed by atoms with Gasteiger partial charge in [0.15, 0.2) is 0 Å². The maximum atomic E-state index is 13.3. The van der Waals surface area contributed by atoms with E-state index in [4.69, 9.17) is 28.3 Å². The molecule has 2 aromatic carbocycles. The number of benzene rings is 2. The lowest BCUT2D eigenvalue weighted by molar-refractivity contribution is 0.0929. The van der Waals surface area contributed by atoms with Crippen molar-refractivity contribution in [3.05, 3.63) is 69.3 Å². The molecule has 0 radical (unpaired) electrons. The van der Waals surface area contributed by atoms with E-state index in [2.05, 4.69) is 50.0 Å². The summed E-state index contributed by atoms with van der Waals surface area (Å²) in [6.07, 6.45) is 1.94. The van der Waals surface area contributed by atoms with Gasteiger partial charge in [0.25, 0.3) is 5.91 Å². The molecule has 7 heteroatoms. The molecular formula is C27H34Cl2N4O. The fourth-order valence-electron chi connectivity index (χ4n) is 3.93. The van der Waals surface area contributed by atoms with Crippen molar-refractivity contribution < 1.29 is 4.79 Å². The highest BCUT2D eigenvalue weighted by atomic mass is 35.5. The Morgan fingerprint density at radius 2 is 1.76 bits per heavy atom. The lowest BCUT2D eigenvalue weighted by atomic mass is 10.0. The van der Waals surface area contributed by atoms with Crippen molar-refractivity contribution in [1.82, 2.24) is 20.0 Å². The molecule has 1 N–H and O–H groups in total. The van der Waals surface area contributed by atoms with Gasteiger partial charge >= 0.3 is 0 Å². The van der Waals surface area contributed by atoms with Crippen LogP contribution in [0.1, 0.15) is 55.2 Å². The second kappa shape index (κ2) is 11.9. The van der Waals surface area contributed by atoms with Crippen LogP contribution in [0.15, 0.2) is 42.5 Å². The number of amides is 1. The Morgan fingerprint density at radius 3 is 2.41 bits per heavy atom. The topological polar surface area (TPSA) is 50.2 Å². The van der Waals surface area contributed by atoms with Gasteiger partial charge in [-0.25, -0.2) is 4.68 Å². The summed E-state index contributed by atoms with van der Waals surface area (Å²) in [5, 5.41) is 8.80. The Kier molecular flexibility index (Phi) is 9.17. The zero-order valence-electron chi connectivity index (χ0n) is 20.7. The van der Waals surface area contributed by atoms with E-state index in [9.17, 15) is 4.79 Å². The summed E-state index contributed by atoms with van der Waals surface area (Å²) >= 11 is 12.4. The standard InChI is InChI=1S/C27H34Cl2N4O/c1-6-32(7-2)14-8-9-20(5)30-27(34)26-17-25(21-11-10-18(3)19(4)15-21)31-33(26)22-12-13-23(28)24(29)16-22/h10-13,15-17,20H,6-9,14H2,1-5H3,(H,30,34). The molecule has 1 aromatic heterocycles. The fraction of sp³-hybridized carbons (Fsp3) is 0.407. The molecule has 34 heavy (non-hydrogen) atoms. The minimum absolute atomic E-state index is 0.0466. The molecule has 1 unspecified atom stereocenters. The molecule has 3 rings (SSSR count). The fourth-order valence-corrected chi connectivity index (χ4v) is 4.22. The molecule has 1 amide bonds. The summed E-state index contributed by atoms with van der Waals surface area (Å²) < 4.78 is 1.64. The van der Waals surface area contributed by atoms with E-state index in [1.807, 2.05) is 25.1 Å². The van der Waals surface area contributed by atoms with Gasteiger partial charge in [-0.05, 0) is 94.7 Å². The van der Waals surface area contributed by atoms with E-state index < -0.39 is 0 Å². The van der Waals surface area contributed by atoms with Crippen LogP contribution in [0.25, 0.3) is 16.9 Å². The highest BCUT2D eigenvalue weighted by Crippen LogP contribution is 2.28. The van der Waals surface area contributed by atoms with Gasteiger partial charge in [0.05, 0.1) is 21.4 Å². The normalized spacial score (nSPS) is 12.2. The van der Waals surface area contributed by atoms with E-state index in [1.165, 1.54) is 11.1 Å².